The molecule has 21 heteroatoms. The fourth-order valence-corrected chi connectivity index (χ4v) is 9.80. The van der Waals surface area contributed by atoms with Gasteiger partial charge in [-0.2, -0.15) is 13.2 Å². The molecule has 1 aromatic heterocycles. The number of aryl methyl sites for hydroxylation is 1. The van der Waals surface area contributed by atoms with Crippen molar-refractivity contribution in [3.8, 4) is 33.8 Å². The highest BCUT2D eigenvalue weighted by Gasteiger charge is 2.36. The second kappa shape index (κ2) is 28.6. The molecule has 1 aliphatic rings. The van der Waals surface area contributed by atoms with Crippen molar-refractivity contribution in [2.45, 2.75) is 128 Å². The Morgan fingerprint density at radius 2 is 1.45 bits per heavy atom. The third kappa shape index (κ3) is 17.5. The van der Waals surface area contributed by atoms with Crippen LogP contribution in [-0.4, -0.2) is 106 Å². The fraction of sp³-hybridized carbons (Fsp3) is 0.411. The normalized spacial score (nSPS) is 15.9. The van der Waals surface area contributed by atoms with Gasteiger partial charge in [-0.3, -0.25) is 24.0 Å². The Bertz CT molecular complexity index is 2880. The second-order valence-electron chi connectivity index (χ2n) is 19.0. The third-order valence-electron chi connectivity index (χ3n) is 13.1. The largest absolute Gasteiger partial charge is 0.542 e. The minimum Gasteiger partial charge on any atom is -0.542 e. The van der Waals surface area contributed by atoms with Crippen LogP contribution >= 0.6 is 11.3 Å². The van der Waals surface area contributed by atoms with Gasteiger partial charge in [0.15, 0.2) is 0 Å². The molecule has 10 N–H and O–H groups in total. The number of halogens is 3. The first kappa shape index (κ1) is 60.3. The maximum absolute atomic E-state index is 14.5. The van der Waals surface area contributed by atoms with E-state index in [9.17, 15) is 57.3 Å². The number of phenols is 2. The number of aromatic hydroxyl groups is 2. The molecule has 4 atom stereocenters. The van der Waals surface area contributed by atoms with Gasteiger partial charge in [0, 0.05) is 42.3 Å². The summed E-state index contributed by atoms with van der Waals surface area (Å²) in [6, 6.07) is 20.0. The molecule has 5 amide bonds. The number of aliphatic carboxylic acids is 2. The zero-order valence-corrected chi connectivity index (χ0v) is 44.1. The highest BCUT2D eigenvalue weighted by Crippen LogP contribution is 2.39. The van der Waals surface area contributed by atoms with E-state index in [4.69, 9.17) is 9.90 Å². The number of rotatable bonds is 21. The number of fused-ring (bicyclic) bond motifs is 6. The minimum atomic E-state index is -5.19. The number of benzene rings is 4. The van der Waals surface area contributed by atoms with Crippen LogP contribution in [-0.2, 0) is 41.6 Å². The minimum absolute atomic E-state index is 0.0109. The highest BCUT2D eigenvalue weighted by atomic mass is 32.1. The number of amides is 5. The zero-order chi connectivity index (χ0) is 56.4. The molecular formula is C56H67F3N6O11S. The lowest BCUT2D eigenvalue weighted by atomic mass is 9.93. The molecule has 4 bridgehead atoms. The van der Waals surface area contributed by atoms with Crippen molar-refractivity contribution in [3.05, 3.63) is 106 Å². The first-order valence-corrected chi connectivity index (χ1v) is 26.5. The SMILES string of the molecule is CCCCCCCCCc1ccc(-c2ccc3cc(C(=O)NCCC(=O)N[C@@H](CCCC[NH3+])C(=O)N(C)[C@@H]4C(=O)N[C@@H](C)C(=O)N[C@H](C(=O)O)Cc5ccc(O)c(c5)-c5cc4ccc5O)sc3c2)cc1.O=C([O-])C(F)(F)F. The lowest BCUT2D eigenvalue weighted by molar-refractivity contribution is -0.368. The number of hydrogen-bond acceptors (Lipinski definition) is 11. The average molecular weight is 1090 g/mol. The van der Waals surface area contributed by atoms with E-state index in [1.54, 1.807) is 0 Å². The number of phenolic OH excluding ortho intramolecular Hbond substituents is 2. The quantitative estimate of drug-likeness (QED) is 0.0390. The number of hydrogen-bond donors (Lipinski definition) is 8. The van der Waals surface area contributed by atoms with Crippen LogP contribution in [0.2, 0.25) is 0 Å². The number of carbonyl (C=O) groups is 7. The zero-order valence-electron chi connectivity index (χ0n) is 43.3. The molecule has 0 saturated carbocycles. The number of unbranched alkanes of at least 4 members (excludes halogenated alkanes) is 7. The summed E-state index contributed by atoms with van der Waals surface area (Å²) >= 11 is 1.37. The lowest BCUT2D eigenvalue weighted by Gasteiger charge is -2.32. The molecule has 0 unspecified atom stereocenters. The van der Waals surface area contributed by atoms with E-state index in [0.29, 0.717) is 29.8 Å². The number of alkyl halides is 3. The van der Waals surface area contributed by atoms with Gasteiger partial charge in [-0.05, 0) is 109 Å². The van der Waals surface area contributed by atoms with E-state index >= 15 is 0 Å². The molecule has 0 spiro atoms. The Morgan fingerprint density at radius 1 is 0.818 bits per heavy atom. The number of quaternary nitrogens is 1. The number of nitrogens with zero attached hydrogens (tertiary/aromatic N) is 1. The molecule has 17 nitrogen and oxygen atoms in total. The van der Waals surface area contributed by atoms with E-state index in [2.05, 4.69) is 70.3 Å². The van der Waals surface area contributed by atoms with Gasteiger partial charge in [0.25, 0.3) is 5.91 Å². The third-order valence-corrected chi connectivity index (χ3v) is 14.2. The van der Waals surface area contributed by atoms with Crippen molar-refractivity contribution in [2.24, 2.45) is 0 Å². The number of nitrogens with one attached hydrogen (secondary N) is 4. The van der Waals surface area contributed by atoms with E-state index in [0.717, 1.165) is 32.5 Å². The highest BCUT2D eigenvalue weighted by molar-refractivity contribution is 7.20. The maximum Gasteiger partial charge on any atom is 0.430 e. The summed E-state index contributed by atoms with van der Waals surface area (Å²) in [4.78, 5) is 91.5. The van der Waals surface area contributed by atoms with Crippen molar-refractivity contribution in [1.29, 1.82) is 0 Å². The van der Waals surface area contributed by atoms with Gasteiger partial charge in [-0.25, -0.2) is 4.79 Å². The first-order valence-electron chi connectivity index (χ1n) is 25.6. The van der Waals surface area contributed by atoms with Gasteiger partial charge in [-0.1, -0.05) is 94.0 Å². The molecular weight excluding hydrogens is 1020 g/mol. The number of thiophene rings is 1. The predicted molar refractivity (Wildman–Crippen MR) is 282 cm³/mol. The van der Waals surface area contributed by atoms with E-state index in [1.165, 1.54) is 112 Å². The Balaban J connectivity index is 0.00000146. The van der Waals surface area contributed by atoms with Gasteiger partial charge < -0.3 is 57.1 Å². The molecule has 0 fully saturated rings. The van der Waals surface area contributed by atoms with Crippen LogP contribution in [0.15, 0.2) is 84.9 Å². The summed E-state index contributed by atoms with van der Waals surface area (Å²) in [5.74, 6) is -7.89. The van der Waals surface area contributed by atoms with Gasteiger partial charge in [0.05, 0.1) is 11.4 Å². The van der Waals surface area contributed by atoms with Crippen LogP contribution < -0.4 is 32.1 Å². The molecule has 0 aliphatic carbocycles. The average Bonchev–Trinajstić information content (AvgIpc) is 3.84. The van der Waals surface area contributed by atoms with Crippen LogP contribution in [0.1, 0.15) is 117 Å². The molecule has 0 radical (unpaired) electrons. The fourth-order valence-electron chi connectivity index (χ4n) is 8.78. The smallest absolute Gasteiger partial charge is 0.430 e. The first-order chi connectivity index (χ1) is 36.6. The van der Waals surface area contributed by atoms with Crippen molar-refractivity contribution in [3.63, 3.8) is 0 Å². The molecule has 2 heterocycles. The molecule has 77 heavy (non-hydrogen) atoms. The van der Waals surface area contributed by atoms with Gasteiger partial charge in [0.1, 0.15) is 41.6 Å². The van der Waals surface area contributed by atoms with Crippen LogP contribution in [0.4, 0.5) is 13.2 Å². The van der Waals surface area contributed by atoms with Crippen LogP contribution in [0.25, 0.3) is 32.3 Å². The van der Waals surface area contributed by atoms with Crippen LogP contribution in [0, 0.1) is 0 Å². The predicted octanol–water partition coefficient (Wildman–Crippen LogP) is 6.09. The summed E-state index contributed by atoms with van der Waals surface area (Å²) in [6.45, 7) is 4.19. The van der Waals surface area contributed by atoms with Crippen molar-refractivity contribution >= 4 is 62.9 Å². The van der Waals surface area contributed by atoms with Crippen LogP contribution in [0.5, 0.6) is 11.5 Å². The molecule has 5 aromatic rings. The topological polar surface area (TPSA) is 282 Å². The summed E-state index contributed by atoms with van der Waals surface area (Å²) in [7, 11) is 1.38. The summed E-state index contributed by atoms with van der Waals surface area (Å²) < 4.78 is 32.5. The molecule has 0 saturated heterocycles. The molecule has 1 aliphatic heterocycles. The Labute approximate surface area is 448 Å². The summed E-state index contributed by atoms with van der Waals surface area (Å²) in [5, 5.41) is 52.3. The summed E-state index contributed by atoms with van der Waals surface area (Å²) in [5.41, 5.74) is 8.26. The maximum atomic E-state index is 14.5. The van der Waals surface area contributed by atoms with Gasteiger partial charge in [-0.15, -0.1) is 11.3 Å². The van der Waals surface area contributed by atoms with Crippen molar-refractivity contribution in [1.82, 2.24) is 26.2 Å². The summed E-state index contributed by atoms with van der Waals surface area (Å²) in [6.07, 6.45) is 5.91. The molecule has 414 valence electrons. The number of likely N-dealkylation sites (N-methyl/N-ethyl adjacent to an activating group) is 1. The molecule has 6 rings (SSSR count). The Morgan fingerprint density at radius 3 is 2.10 bits per heavy atom. The lowest BCUT2D eigenvalue weighted by Crippen LogP contribution is -2.55. The monoisotopic (exact) mass is 1090 g/mol. The number of carboxylic acids is 2. The molecule has 4 aromatic carbocycles. The van der Waals surface area contributed by atoms with Crippen molar-refractivity contribution in [2.75, 3.05) is 20.1 Å². The second-order valence-corrected chi connectivity index (χ2v) is 20.1. The standard InChI is InChI=1S/C54H66N6O9S.C2HF3O2/c1-4-5-6-7-8-9-10-13-34-15-18-36(19-16-34)37-20-21-38-32-47(70-46(38)31-37)51(65)56-27-25-48(63)58-42(14-11-12-26-55)53(67)60(3)49-39-22-24-45(62)41(30-39)40-28-35(17-23-44(40)61)29-43(54(68)69)59-50(64)33(2)57-52(49)66;3-2(4,5)1(6)7/h15-24,28,30-33,42-43,49,61-62H,4-14,25-27,29,55H2,1-3H3,(H,56,65)(H,57,66)(H,58,63)(H,59,64)(H,68,69);(H,6,7)/t33-,42-,43-,49-;/m0./s1. The van der Waals surface area contributed by atoms with Crippen molar-refractivity contribution < 1.29 is 72.9 Å². The Kier molecular flexibility index (Phi) is 22.4. The Hall–Kier alpha value is -7.52. The number of carbonyl (C=O) groups excluding carboxylic acids is 6. The van der Waals surface area contributed by atoms with E-state index in [-0.39, 0.29) is 59.9 Å². The van der Waals surface area contributed by atoms with E-state index < -0.39 is 65.9 Å². The van der Waals surface area contributed by atoms with Crippen LogP contribution in [0.3, 0.4) is 0 Å². The van der Waals surface area contributed by atoms with Gasteiger partial charge >= 0.3 is 12.1 Å². The van der Waals surface area contributed by atoms with Gasteiger partial charge in [0.2, 0.25) is 23.6 Å². The van der Waals surface area contributed by atoms with E-state index in [1.807, 2.05) is 12.1 Å². The number of carboxylic acid groups (broad SMARTS) is 2.